The maximum Gasteiger partial charge on any atom is 0.329 e. The lowest BCUT2D eigenvalue weighted by atomic mass is 10.1. The predicted octanol–water partition coefficient (Wildman–Crippen LogP) is 3.28. The second-order valence-corrected chi connectivity index (χ2v) is 7.93. The van der Waals surface area contributed by atoms with Gasteiger partial charge in [0.05, 0.1) is 11.9 Å². The minimum Gasteiger partial charge on any atom is -0.484 e. The normalized spacial score (nSPS) is 10.5. The molecule has 3 amide bonds. The van der Waals surface area contributed by atoms with Gasteiger partial charge in [-0.15, -0.1) is 0 Å². The molecular weight excluding hydrogens is 500 g/mol. The Hall–Kier alpha value is -3.98. The van der Waals surface area contributed by atoms with Gasteiger partial charge in [0.2, 0.25) is 0 Å². The van der Waals surface area contributed by atoms with Gasteiger partial charge in [-0.1, -0.05) is 42.5 Å². The van der Waals surface area contributed by atoms with E-state index in [1.807, 2.05) is 30.3 Å². The van der Waals surface area contributed by atoms with Gasteiger partial charge in [-0.25, -0.2) is 5.43 Å². The van der Waals surface area contributed by atoms with Gasteiger partial charge >= 0.3 is 11.8 Å². The summed E-state index contributed by atoms with van der Waals surface area (Å²) in [6.45, 7) is 0.443. The largest absolute Gasteiger partial charge is 0.484 e. The van der Waals surface area contributed by atoms with Crippen molar-refractivity contribution in [2.24, 2.45) is 5.10 Å². The van der Waals surface area contributed by atoms with E-state index in [1.54, 1.807) is 48.5 Å². The fraction of sp³-hybridized carbons (Fsp3) is 0.120. The number of hydrazone groups is 1. The first-order chi connectivity index (χ1) is 16.5. The van der Waals surface area contributed by atoms with Crippen molar-refractivity contribution >= 4 is 45.6 Å². The molecule has 9 heteroatoms. The fourth-order valence-corrected chi connectivity index (χ4v) is 3.18. The van der Waals surface area contributed by atoms with Crippen LogP contribution >= 0.6 is 15.9 Å². The molecule has 174 valence electrons. The van der Waals surface area contributed by atoms with Crippen molar-refractivity contribution < 1.29 is 19.1 Å². The zero-order valence-corrected chi connectivity index (χ0v) is 19.7. The molecule has 3 rings (SSSR count). The Bertz CT molecular complexity index is 1150. The van der Waals surface area contributed by atoms with Crippen LogP contribution < -0.4 is 20.8 Å². The number of anilines is 1. The number of amides is 3. The topological polar surface area (TPSA) is 109 Å². The lowest BCUT2D eigenvalue weighted by Crippen LogP contribution is -2.32. The van der Waals surface area contributed by atoms with E-state index in [0.717, 1.165) is 12.0 Å². The van der Waals surface area contributed by atoms with Crippen molar-refractivity contribution in [3.05, 3.63) is 94.5 Å². The molecule has 0 aliphatic heterocycles. The van der Waals surface area contributed by atoms with Crippen LogP contribution in [0, 0.1) is 0 Å². The molecule has 3 N–H and O–H groups in total. The molecule has 3 aromatic rings. The molecule has 0 saturated heterocycles. The molecule has 34 heavy (non-hydrogen) atoms. The Morgan fingerprint density at radius 3 is 2.32 bits per heavy atom. The average molecular weight is 523 g/mol. The molecule has 0 unspecified atom stereocenters. The van der Waals surface area contributed by atoms with Gasteiger partial charge in [-0.2, -0.15) is 5.10 Å². The maximum absolute atomic E-state index is 11.9. The number of hydrogen-bond acceptors (Lipinski definition) is 5. The van der Waals surface area contributed by atoms with E-state index in [-0.39, 0.29) is 12.5 Å². The summed E-state index contributed by atoms with van der Waals surface area (Å²) < 4.78 is 6.14. The molecule has 0 aliphatic carbocycles. The lowest BCUT2D eigenvalue weighted by molar-refractivity contribution is -0.136. The van der Waals surface area contributed by atoms with Crippen molar-refractivity contribution in [1.82, 2.24) is 10.7 Å². The zero-order valence-electron chi connectivity index (χ0n) is 18.2. The Labute approximate surface area is 205 Å². The number of nitrogens with zero attached hydrogens (tertiary/aromatic N) is 1. The molecule has 0 aromatic heterocycles. The van der Waals surface area contributed by atoms with E-state index < -0.39 is 11.8 Å². The number of halogens is 1. The Morgan fingerprint density at radius 2 is 1.59 bits per heavy atom. The molecule has 3 aromatic carbocycles. The number of benzene rings is 3. The smallest absolute Gasteiger partial charge is 0.329 e. The summed E-state index contributed by atoms with van der Waals surface area (Å²) in [5.74, 6) is -1.42. The molecule has 0 spiro atoms. The van der Waals surface area contributed by atoms with Crippen LogP contribution in [0.2, 0.25) is 0 Å². The summed E-state index contributed by atoms with van der Waals surface area (Å²) >= 11 is 3.29. The second-order valence-electron chi connectivity index (χ2n) is 7.08. The van der Waals surface area contributed by atoms with Gasteiger partial charge in [0.25, 0.3) is 5.91 Å². The van der Waals surface area contributed by atoms with Crippen molar-refractivity contribution in [1.29, 1.82) is 0 Å². The van der Waals surface area contributed by atoms with Crippen molar-refractivity contribution in [2.45, 2.75) is 6.42 Å². The quantitative estimate of drug-likeness (QED) is 0.227. The number of carbonyl (C=O) groups excluding carboxylic acids is 3. The van der Waals surface area contributed by atoms with Crippen LogP contribution in [0.5, 0.6) is 5.75 Å². The number of ether oxygens (including phenoxy) is 1. The summed E-state index contributed by atoms with van der Waals surface area (Å²) in [6, 6.07) is 23.6. The standard InChI is InChI=1S/C25H23BrN4O4/c26-21-8-4-5-9-22(21)29-24(32)25(33)30-28-16-19-10-12-20(13-11-19)34-17-23(31)27-15-14-18-6-2-1-3-7-18/h1-13,16H,14-15,17H2,(H,27,31)(H,29,32)(H,30,33)/b28-16-. The molecule has 0 bridgehead atoms. The number of carbonyl (C=O) groups is 3. The van der Waals surface area contributed by atoms with E-state index in [9.17, 15) is 14.4 Å². The van der Waals surface area contributed by atoms with E-state index in [2.05, 4.69) is 37.1 Å². The lowest BCUT2D eigenvalue weighted by Gasteiger charge is -2.08. The van der Waals surface area contributed by atoms with Crippen LogP contribution in [0.25, 0.3) is 0 Å². The summed E-state index contributed by atoms with van der Waals surface area (Å²) in [6.07, 6.45) is 2.15. The van der Waals surface area contributed by atoms with E-state index >= 15 is 0 Å². The molecule has 0 atom stereocenters. The predicted molar refractivity (Wildman–Crippen MR) is 134 cm³/mol. The van der Waals surface area contributed by atoms with Crippen LogP contribution in [0.4, 0.5) is 5.69 Å². The first-order valence-corrected chi connectivity index (χ1v) is 11.2. The molecule has 8 nitrogen and oxygen atoms in total. The number of rotatable bonds is 9. The number of hydrogen-bond donors (Lipinski definition) is 3. The number of nitrogens with one attached hydrogen (secondary N) is 3. The molecule has 0 saturated carbocycles. The second kappa shape index (κ2) is 12.9. The van der Waals surface area contributed by atoms with Gasteiger partial charge < -0.3 is 15.4 Å². The van der Waals surface area contributed by atoms with Crippen molar-refractivity contribution in [3.8, 4) is 5.75 Å². The Balaban J connectivity index is 1.37. The van der Waals surface area contributed by atoms with Gasteiger partial charge in [0.1, 0.15) is 5.75 Å². The van der Waals surface area contributed by atoms with Crippen molar-refractivity contribution in [3.63, 3.8) is 0 Å². The zero-order chi connectivity index (χ0) is 24.2. The van der Waals surface area contributed by atoms with E-state index in [0.29, 0.717) is 28.0 Å². The van der Waals surface area contributed by atoms with Crippen LogP contribution in [-0.2, 0) is 20.8 Å². The third kappa shape index (κ3) is 8.18. The van der Waals surface area contributed by atoms with E-state index in [4.69, 9.17) is 4.74 Å². The monoisotopic (exact) mass is 522 g/mol. The Kier molecular flexibility index (Phi) is 9.36. The van der Waals surface area contributed by atoms with Crippen LogP contribution in [0.1, 0.15) is 11.1 Å². The average Bonchev–Trinajstić information content (AvgIpc) is 2.85. The van der Waals surface area contributed by atoms with Crippen LogP contribution in [0.3, 0.4) is 0 Å². The molecule has 0 heterocycles. The fourth-order valence-electron chi connectivity index (χ4n) is 2.80. The highest BCUT2D eigenvalue weighted by molar-refractivity contribution is 9.10. The maximum atomic E-state index is 11.9. The highest BCUT2D eigenvalue weighted by Crippen LogP contribution is 2.20. The summed E-state index contributed by atoms with van der Waals surface area (Å²) in [7, 11) is 0. The first kappa shape index (κ1) is 24.7. The highest BCUT2D eigenvalue weighted by atomic mass is 79.9. The summed E-state index contributed by atoms with van der Waals surface area (Å²) in [4.78, 5) is 35.8. The third-order valence-corrected chi connectivity index (χ3v) is 5.23. The van der Waals surface area contributed by atoms with Crippen LogP contribution in [-0.4, -0.2) is 37.1 Å². The van der Waals surface area contributed by atoms with Gasteiger partial charge in [-0.3, -0.25) is 14.4 Å². The number of para-hydroxylation sites is 1. The third-order valence-electron chi connectivity index (χ3n) is 4.54. The first-order valence-electron chi connectivity index (χ1n) is 10.4. The molecule has 0 fully saturated rings. The molecule has 0 radical (unpaired) electrons. The summed E-state index contributed by atoms with van der Waals surface area (Å²) in [5.41, 5.74) is 4.48. The van der Waals surface area contributed by atoms with E-state index in [1.165, 1.54) is 6.21 Å². The van der Waals surface area contributed by atoms with Gasteiger partial charge in [-0.05, 0) is 69.9 Å². The summed E-state index contributed by atoms with van der Waals surface area (Å²) in [5, 5.41) is 9.09. The molecule has 0 aliphatic rings. The van der Waals surface area contributed by atoms with Crippen molar-refractivity contribution in [2.75, 3.05) is 18.5 Å². The highest BCUT2D eigenvalue weighted by Gasteiger charge is 2.13. The molecular formula is C25H23BrN4O4. The van der Waals surface area contributed by atoms with Gasteiger partial charge in [0.15, 0.2) is 6.61 Å². The minimum atomic E-state index is -0.898. The SMILES string of the molecule is O=C(COc1ccc(/C=N\NC(=O)C(=O)Nc2ccccc2Br)cc1)NCCc1ccccc1. The minimum absolute atomic E-state index is 0.0923. The Morgan fingerprint density at radius 1 is 0.882 bits per heavy atom. The van der Waals surface area contributed by atoms with Crippen LogP contribution in [0.15, 0.2) is 88.4 Å². The van der Waals surface area contributed by atoms with Gasteiger partial charge in [0, 0.05) is 11.0 Å².